The summed E-state index contributed by atoms with van der Waals surface area (Å²) in [4.78, 5) is 12.1. The molecule has 9 heteroatoms. The molecule has 1 aliphatic heterocycles. The lowest BCUT2D eigenvalue weighted by Crippen LogP contribution is -2.27. The van der Waals surface area contributed by atoms with Crippen molar-refractivity contribution in [3.8, 4) is 11.8 Å². The third kappa shape index (κ3) is 4.39. The van der Waals surface area contributed by atoms with Gasteiger partial charge >= 0.3 is 5.97 Å². The molecule has 0 radical (unpaired) electrons. The molecule has 1 fully saturated rings. The molecule has 29 heavy (non-hydrogen) atoms. The van der Waals surface area contributed by atoms with Crippen LogP contribution in [0.4, 0.5) is 17.6 Å². The smallest absolute Gasteiger partial charge is 0.349 e. The number of benzene rings is 2. The van der Waals surface area contributed by atoms with Crippen molar-refractivity contribution in [3.63, 3.8) is 0 Å². The van der Waals surface area contributed by atoms with Crippen LogP contribution in [0.15, 0.2) is 24.3 Å². The van der Waals surface area contributed by atoms with Crippen LogP contribution in [0.2, 0.25) is 0 Å². The molecule has 0 aliphatic carbocycles. The Labute approximate surface area is 163 Å². The van der Waals surface area contributed by atoms with Gasteiger partial charge in [-0.2, -0.15) is 5.26 Å². The normalized spacial score (nSPS) is 18.9. The molecule has 5 nitrogen and oxygen atoms in total. The van der Waals surface area contributed by atoms with Gasteiger partial charge in [-0.3, -0.25) is 0 Å². The molecule has 0 amide bonds. The van der Waals surface area contributed by atoms with Crippen LogP contribution in [-0.4, -0.2) is 19.2 Å². The van der Waals surface area contributed by atoms with E-state index in [1.807, 2.05) is 6.92 Å². The minimum absolute atomic E-state index is 0.0431. The van der Waals surface area contributed by atoms with E-state index in [1.165, 1.54) is 6.07 Å². The van der Waals surface area contributed by atoms with Crippen molar-refractivity contribution < 1.29 is 36.6 Å². The summed E-state index contributed by atoms with van der Waals surface area (Å²) in [6.07, 6.45) is -0.148. The van der Waals surface area contributed by atoms with Crippen molar-refractivity contribution in [2.75, 3.05) is 13.2 Å². The quantitative estimate of drug-likeness (QED) is 0.425. The van der Waals surface area contributed by atoms with Gasteiger partial charge in [-0.25, -0.2) is 22.4 Å². The Bertz CT molecular complexity index is 935. The van der Waals surface area contributed by atoms with Gasteiger partial charge in [0.25, 0.3) is 0 Å². The molecular weight excluding hydrogens is 394 g/mol. The average Bonchev–Trinajstić information content (AvgIpc) is 2.67. The van der Waals surface area contributed by atoms with Crippen LogP contribution in [0.25, 0.3) is 0 Å². The fourth-order valence-electron chi connectivity index (χ4n) is 2.77. The standard InChI is InChI=1S/C20H15F4NO4/c1-2-10-8-27-20(28-9-10)11-3-16(23)18(17(24)4-11)19(26)29-12-5-14(21)13(7-25)15(22)6-12/h3-6,10,20H,2,8-9H2,1H3. The zero-order chi connectivity index (χ0) is 21.1. The van der Waals surface area contributed by atoms with Gasteiger partial charge in [0, 0.05) is 23.6 Å². The van der Waals surface area contributed by atoms with Crippen molar-refractivity contribution in [1.82, 2.24) is 0 Å². The van der Waals surface area contributed by atoms with E-state index in [-0.39, 0.29) is 11.5 Å². The average molecular weight is 409 g/mol. The van der Waals surface area contributed by atoms with Gasteiger partial charge in [0.05, 0.1) is 13.2 Å². The molecule has 3 rings (SSSR count). The van der Waals surface area contributed by atoms with E-state index in [4.69, 9.17) is 14.7 Å². The lowest BCUT2D eigenvalue weighted by molar-refractivity contribution is -0.205. The first-order valence-electron chi connectivity index (χ1n) is 8.67. The van der Waals surface area contributed by atoms with Crippen LogP contribution in [0.3, 0.4) is 0 Å². The number of hydrogen-bond acceptors (Lipinski definition) is 5. The molecule has 0 N–H and O–H groups in total. The number of nitrogens with zero attached hydrogens (tertiary/aromatic N) is 1. The molecule has 1 heterocycles. The second-order valence-electron chi connectivity index (χ2n) is 6.40. The van der Waals surface area contributed by atoms with Gasteiger partial charge < -0.3 is 14.2 Å². The lowest BCUT2D eigenvalue weighted by atomic mass is 10.1. The molecule has 2 aromatic rings. The molecule has 152 valence electrons. The molecule has 0 spiro atoms. The Balaban J connectivity index is 1.81. The summed E-state index contributed by atoms with van der Waals surface area (Å²) in [7, 11) is 0. The predicted octanol–water partition coefficient (Wildman–Crippen LogP) is 4.41. The first-order valence-corrected chi connectivity index (χ1v) is 8.67. The molecule has 0 saturated carbocycles. The van der Waals surface area contributed by atoms with E-state index in [0.717, 1.165) is 18.6 Å². The van der Waals surface area contributed by atoms with Gasteiger partial charge in [-0.15, -0.1) is 0 Å². The maximum atomic E-state index is 14.4. The number of ether oxygens (including phenoxy) is 3. The molecule has 0 unspecified atom stereocenters. The largest absolute Gasteiger partial charge is 0.423 e. The van der Waals surface area contributed by atoms with E-state index < -0.39 is 52.4 Å². The molecule has 0 aromatic heterocycles. The fourth-order valence-corrected chi connectivity index (χ4v) is 2.77. The number of nitriles is 1. The van der Waals surface area contributed by atoms with Gasteiger partial charge in [-0.1, -0.05) is 6.92 Å². The predicted molar refractivity (Wildman–Crippen MR) is 90.8 cm³/mol. The Morgan fingerprint density at radius 3 is 2.10 bits per heavy atom. The van der Waals surface area contributed by atoms with E-state index in [1.54, 1.807) is 0 Å². The Morgan fingerprint density at radius 1 is 1.07 bits per heavy atom. The zero-order valence-electron chi connectivity index (χ0n) is 15.2. The summed E-state index contributed by atoms with van der Waals surface area (Å²) in [6.45, 7) is 2.69. The highest BCUT2D eigenvalue weighted by molar-refractivity contribution is 5.91. The van der Waals surface area contributed by atoms with Crippen molar-refractivity contribution in [3.05, 3.63) is 64.2 Å². The highest BCUT2D eigenvalue weighted by Crippen LogP contribution is 2.29. The molecule has 1 aliphatic rings. The number of hydrogen-bond donors (Lipinski definition) is 0. The number of carbonyl (C=O) groups is 1. The monoisotopic (exact) mass is 409 g/mol. The molecule has 0 atom stereocenters. The number of esters is 1. The van der Waals surface area contributed by atoms with Gasteiger partial charge in [0.2, 0.25) is 0 Å². The molecule has 1 saturated heterocycles. The molecule has 0 bridgehead atoms. The van der Waals surface area contributed by atoms with E-state index in [0.29, 0.717) is 25.3 Å². The van der Waals surface area contributed by atoms with Crippen molar-refractivity contribution >= 4 is 5.97 Å². The van der Waals surface area contributed by atoms with Crippen molar-refractivity contribution in [2.45, 2.75) is 19.6 Å². The third-order valence-corrected chi connectivity index (χ3v) is 4.42. The minimum Gasteiger partial charge on any atom is -0.423 e. The van der Waals surface area contributed by atoms with E-state index in [2.05, 4.69) is 4.74 Å². The SMILES string of the molecule is CCC1COC(c2cc(F)c(C(=O)Oc3cc(F)c(C#N)c(F)c3)c(F)c2)OC1. The number of halogens is 4. The summed E-state index contributed by atoms with van der Waals surface area (Å²) in [6, 6.07) is 4.18. The van der Waals surface area contributed by atoms with Crippen molar-refractivity contribution in [1.29, 1.82) is 5.26 Å². The lowest BCUT2D eigenvalue weighted by Gasteiger charge is -2.29. The summed E-state index contributed by atoms with van der Waals surface area (Å²) < 4.78 is 71.5. The Hall–Kier alpha value is -2.96. The first kappa shape index (κ1) is 20.8. The zero-order valence-corrected chi connectivity index (χ0v) is 15.2. The maximum absolute atomic E-state index is 14.4. The van der Waals surface area contributed by atoms with Crippen LogP contribution in [0.5, 0.6) is 5.75 Å². The number of carbonyl (C=O) groups excluding carboxylic acids is 1. The maximum Gasteiger partial charge on any atom is 0.349 e. The number of rotatable bonds is 4. The van der Waals surface area contributed by atoms with E-state index in [9.17, 15) is 22.4 Å². The Morgan fingerprint density at radius 2 is 1.62 bits per heavy atom. The van der Waals surface area contributed by atoms with Crippen LogP contribution < -0.4 is 4.74 Å². The van der Waals surface area contributed by atoms with Crippen LogP contribution in [0.1, 0.15) is 41.1 Å². The van der Waals surface area contributed by atoms with E-state index >= 15 is 0 Å². The van der Waals surface area contributed by atoms with Crippen LogP contribution >= 0.6 is 0 Å². The first-order chi connectivity index (χ1) is 13.8. The van der Waals surface area contributed by atoms with Gasteiger partial charge in [0.1, 0.15) is 46.2 Å². The highest BCUT2D eigenvalue weighted by Gasteiger charge is 2.27. The minimum atomic E-state index is -1.49. The third-order valence-electron chi connectivity index (χ3n) is 4.42. The van der Waals surface area contributed by atoms with Crippen LogP contribution in [-0.2, 0) is 9.47 Å². The van der Waals surface area contributed by atoms with Gasteiger partial charge in [0.15, 0.2) is 6.29 Å². The molecule has 2 aromatic carbocycles. The summed E-state index contributed by atoms with van der Waals surface area (Å²) >= 11 is 0. The van der Waals surface area contributed by atoms with Crippen LogP contribution in [0, 0.1) is 40.5 Å². The Kier molecular flexibility index (Phi) is 6.15. The fraction of sp³-hybridized carbons (Fsp3) is 0.300. The summed E-state index contributed by atoms with van der Waals surface area (Å²) in [5.74, 6) is -6.99. The van der Waals surface area contributed by atoms with Gasteiger partial charge in [-0.05, 0) is 18.6 Å². The highest BCUT2D eigenvalue weighted by atomic mass is 19.1. The molecular formula is C20H15F4NO4. The summed E-state index contributed by atoms with van der Waals surface area (Å²) in [5, 5.41) is 8.63. The van der Waals surface area contributed by atoms with Crippen molar-refractivity contribution in [2.24, 2.45) is 5.92 Å². The second kappa shape index (κ2) is 8.59. The topological polar surface area (TPSA) is 68.5 Å². The second-order valence-corrected chi connectivity index (χ2v) is 6.40. The summed E-state index contributed by atoms with van der Waals surface area (Å²) in [5.41, 5.74) is -1.87.